The number of carbonyl (C=O) groups excluding carboxylic acids is 1. The van der Waals surface area contributed by atoms with E-state index in [2.05, 4.69) is 4.98 Å². The van der Waals surface area contributed by atoms with Gasteiger partial charge in [-0.05, 0) is 42.7 Å². The van der Waals surface area contributed by atoms with Crippen LogP contribution in [0.5, 0.6) is 11.5 Å². The number of hydrogen-bond acceptors (Lipinski definition) is 4. The minimum atomic E-state index is -0.161. The molecule has 1 aliphatic heterocycles. The Balaban J connectivity index is 1.73. The second-order valence-corrected chi connectivity index (χ2v) is 5.87. The molecule has 1 amide bonds. The van der Waals surface area contributed by atoms with Gasteiger partial charge in [0.1, 0.15) is 6.61 Å². The summed E-state index contributed by atoms with van der Waals surface area (Å²) in [6, 6.07) is 9.68. The first-order valence-corrected chi connectivity index (χ1v) is 8.19. The number of aromatic nitrogens is 1. The molecule has 2 aromatic rings. The highest BCUT2D eigenvalue weighted by atomic mass is 16.5. The van der Waals surface area contributed by atoms with Crippen LogP contribution >= 0.6 is 0 Å². The number of benzene rings is 1. The zero-order valence-corrected chi connectivity index (χ0v) is 14.1. The van der Waals surface area contributed by atoms with E-state index in [4.69, 9.17) is 9.47 Å². The lowest BCUT2D eigenvalue weighted by atomic mass is 9.95. The Hall–Kier alpha value is -2.56. The molecular weight excluding hydrogens is 304 g/mol. The second-order valence-electron chi connectivity index (χ2n) is 5.87. The fourth-order valence-electron chi connectivity index (χ4n) is 3.03. The SMILES string of the molecule is CCN(Cc1ccncc1)C(=O)[C@H]1COc2c(cccc2OC)C1. The van der Waals surface area contributed by atoms with Crippen LogP contribution in [0.3, 0.4) is 0 Å². The predicted octanol–water partition coefficient (Wildman–Crippen LogP) is 2.69. The smallest absolute Gasteiger partial charge is 0.229 e. The predicted molar refractivity (Wildman–Crippen MR) is 91.0 cm³/mol. The van der Waals surface area contributed by atoms with Crippen molar-refractivity contribution in [1.82, 2.24) is 9.88 Å². The van der Waals surface area contributed by atoms with Crippen LogP contribution in [0, 0.1) is 5.92 Å². The van der Waals surface area contributed by atoms with Gasteiger partial charge >= 0.3 is 0 Å². The van der Waals surface area contributed by atoms with Crippen molar-refractivity contribution < 1.29 is 14.3 Å². The van der Waals surface area contributed by atoms with Crippen molar-refractivity contribution in [3.63, 3.8) is 0 Å². The molecule has 1 atom stereocenters. The molecule has 0 saturated carbocycles. The molecule has 5 heteroatoms. The van der Waals surface area contributed by atoms with Crippen molar-refractivity contribution >= 4 is 5.91 Å². The molecule has 0 unspecified atom stereocenters. The Kier molecular flexibility index (Phi) is 4.99. The van der Waals surface area contributed by atoms with Gasteiger partial charge in [0.2, 0.25) is 5.91 Å². The lowest BCUT2D eigenvalue weighted by molar-refractivity contribution is -0.137. The van der Waals surface area contributed by atoms with E-state index in [1.54, 1.807) is 19.5 Å². The van der Waals surface area contributed by atoms with Crippen LogP contribution in [0.4, 0.5) is 0 Å². The van der Waals surface area contributed by atoms with E-state index in [-0.39, 0.29) is 11.8 Å². The molecule has 0 N–H and O–H groups in total. The normalized spacial score (nSPS) is 16.0. The number of methoxy groups -OCH3 is 1. The maximum atomic E-state index is 12.9. The van der Waals surface area contributed by atoms with Crippen molar-refractivity contribution in [1.29, 1.82) is 0 Å². The van der Waals surface area contributed by atoms with E-state index in [1.165, 1.54) is 0 Å². The zero-order chi connectivity index (χ0) is 16.9. The van der Waals surface area contributed by atoms with Crippen LogP contribution < -0.4 is 9.47 Å². The summed E-state index contributed by atoms with van der Waals surface area (Å²) in [4.78, 5) is 18.8. The van der Waals surface area contributed by atoms with Crippen LogP contribution in [0.2, 0.25) is 0 Å². The lowest BCUT2D eigenvalue weighted by Gasteiger charge is -2.30. The number of ether oxygens (including phenoxy) is 2. The van der Waals surface area contributed by atoms with E-state index >= 15 is 0 Å². The molecule has 1 aliphatic rings. The van der Waals surface area contributed by atoms with Gasteiger partial charge < -0.3 is 14.4 Å². The zero-order valence-electron chi connectivity index (χ0n) is 14.1. The number of hydrogen-bond donors (Lipinski definition) is 0. The third-order valence-electron chi connectivity index (χ3n) is 4.34. The first-order valence-electron chi connectivity index (χ1n) is 8.19. The van der Waals surface area contributed by atoms with Crippen LogP contribution in [-0.2, 0) is 17.8 Å². The Bertz CT molecular complexity index is 703. The van der Waals surface area contributed by atoms with E-state index in [0.29, 0.717) is 26.1 Å². The Morgan fingerprint density at radius 1 is 1.33 bits per heavy atom. The van der Waals surface area contributed by atoms with Crippen LogP contribution in [0.1, 0.15) is 18.1 Å². The van der Waals surface area contributed by atoms with Crippen molar-refractivity contribution in [3.8, 4) is 11.5 Å². The molecule has 0 spiro atoms. The topological polar surface area (TPSA) is 51.7 Å². The highest BCUT2D eigenvalue weighted by Crippen LogP contribution is 2.36. The van der Waals surface area contributed by atoms with Gasteiger partial charge in [-0.25, -0.2) is 0 Å². The van der Waals surface area contributed by atoms with Gasteiger partial charge in [-0.3, -0.25) is 9.78 Å². The monoisotopic (exact) mass is 326 g/mol. The highest BCUT2D eigenvalue weighted by molar-refractivity contribution is 5.80. The number of fused-ring (bicyclic) bond motifs is 1. The quantitative estimate of drug-likeness (QED) is 0.848. The van der Waals surface area contributed by atoms with Gasteiger partial charge in [0, 0.05) is 25.5 Å². The summed E-state index contributed by atoms with van der Waals surface area (Å²) >= 11 is 0. The molecule has 5 nitrogen and oxygen atoms in total. The highest BCUT2D eigenvalue weighted by Gasteiger charge is 2.30. The van der Waals surface area contributed by atoms with Gasteiger partial charge in [-0.1, -0.05) is 12.1 Å². The largest absolute Gasteiger partial charge is 0.493 e. The van der Waals surface area contributed by atoms with E-state index in [1.807, 2.05) is 42.2 Å². The number of pyridine rings is 1. The number of para-hydroxylation sites is 1. The van der Waals surface area contributed by atoms with Gasteiger partial charge in [0.25, 0.3) is 0 Å². The van der Waals surface area contributed by atoms with Crippen molar-refractivity contribution in [2.24, 2.45) is 5.92 Å². The fourth-order valence-corrected chi connectivity index (χ4v) is 3.03. The molecule has 0 fully saturated rings. The molecule has 0 radical (unpaired) electrons. The summed E-state index contributed by atoms with van der Waals surface area (Å²) in [5.41, 5.74) is 2.11. The number of carbonyl (C=O) groups is 1. The molecule has 0 bridgehead atoms. The molecule has 2 heterocycles. The lowest BCUT2D eigenvalue weighted by Crippen LogP contribution is -2.40. The standard InChI is InChI=1S/C19H22N2O3/c1-3-21(12-14-7-9-20-10-8-14)19(22)16-11-15-5-4-6-17(23-2)18(15)24-13-16/h4-10,16H,3,11-13H2,1-2H3/t16-/m1/s1. The van der Waals surface area contributed by atoms with E-state index in [9.17, 15) is 4.79 Å². The fraction of sp³-hybridized carbons (Fsp3) is 0.368. The average Bonchev–Trinajstić information content (AvgIpc) is 2.65. The summed E-state index contributed by atoms with van der Waals surface area (Å²) in [5, 5.41) is 0. The van der Waals surface area contributed by atoms with Gasteiger partial charge in [0.15, 0.2) is 11.5 Å². The minimum absolute atomic E-state index is 0.128. The summed E-state index contributed by atoms with van der Waals surface area (Å²) in [6.45, 7) is 3.65. The molecule has 3 rings (SSSR count). The number of rotatable bonds is 5. The van der Waals surface area contributed by atoms with Crippen molar-refractivity contribution in [2.75, 3.05) is 20.3 Å². The molecular formula is C19H22N2O3. The Morgan fingerprint density at radius 3 is 2.83 bits per heavy atom. The first-order chi connectivity index (χ1) is 11.7. The van der Waals surface area contributed by atoms with Crippen molar-refractivity contribution in [3.05, 3.63) is 53.9 Å². The van der Waals surface area contributed by atoms with Gasteiger partial charge in [0.05, 0.1) is 13.0 Å². The third kappa shape index (κ3) is 3.35. The third-order valence-corrected chi connectivity index (χ3v) is 4.34. The maximum absolute atomic E-state index is 12.9. The van der Waals surface area contributed by atoms with Gasteiger partial charge in [-0.15, -0.1) is 0 Å². The van der Waals surface area contributed by atoms with Gasteiger partial charge in [-0.2, -0.15) is 0 Å². The summed E-state index contributed by atoms with van der Waals surface area (Å²) < 4.78 is 11.2. The average molecular weight is 326 g/mol. The minimum Gasteiger partial charge on any atom is -0.493 e. The maximum Gasteiger partial charge on any atom is 0.229 e. The van der Waals surface area contributed by atoms with E-state index < -0.39 is 0 Å². The molecule has 126 valence electrons. The molecule has 0 aliphatic carbocycles. The second kappa shape index (κ2) is 7.34. The molecule has 1 aromatic heterocycles. The van der Waals surface area contributed by atoms with Crippen LogP contribution in [0.15, 0.2) is 42.7 Å². The number of nitrogens with zero attached hydrogens (tertiary/aromatic N) is 2. The Morgan fingerprint density at radius 2 is 2.12 bits per heavy atom. The number of amides is 1. The van der Waals surface area contributed by atoms with Crippen LogP contribution in [-0.4, -0.2) is 36.1 Å². The van der Waals surface area contributed by atoms with E-state index in [0.717, 1.165) is 22.6 Å². The summed E-state index contributed by atoms with van der Waals surface area (Å²) in [5.74, 6) is 1.46. The molecule has 1 aromatic carbocycles. The summed E-state index contributed by atoms with van der Waals surface area (Å²) in [7, 11) is 1.63. The Labute approximate surface area is 142 Å². The molecule has 0 saturated heterocycles. The first kappa shape index (κ1) is 16.3. The van der Waals surface area contributed by atoms with Crippen LogP contribution in [0.25, 0.3) is 0 Å². The van der Waals surface area contributed by atoms with Crippen molar-refractivity contribution in [2.45, 2.75) is 19.9 Å². The molecule has 24 heavy (non-hydrogen) atoms. The summed E-state index contributed by atoms with van der Waals surface area (Å²) in [6.07, 6.45) is 4.18.